The van der Waals surface area contributed by atoms with Crippen LogP contribution in [0.2, 0.25) is 0 Å². The third kappa shape index (κ3) is 8.37. The van der Waals surface area contributed by atoms with Crippen LogP contribution in [0.25, 0.3) is 0 Å². The lowest BCUT2D eigenvalue weighted by atomic mass is 9.95. The second-order valence-electron chi connectivity index (χ2n) is 5.35. The first-order valence-electron chi connectivity index (χ1n) is 6.44. The summed E-state index contributed by atoms with van der Waals surface area (Å²) < 4.78 is 24.2. The van der Waals surface area contributed by atoms with Gasteiger partial charge in [-0.1, -0.05) is 0 Å². The molecule has 0 radical (unpaired) electrons. The Morgan fingerprint density at radius 3 is 2.39 bits per heavy atom. The van der Waals surface area contributed by atoms with Crippen molar-refractivity contribution in [2.24, 2.45) is 0 Å². The summed E-state index contributed by atoms with van der Waals surface area (Å²) >= 11 is 0. The number of hydrogen-bond donors (Lipinski definition) is 1. The highest BCUT2D eigenvalue weighted by Crippen LogP contribution is 2.14. The number of unbranched alkanes of at least 4 members (excludes halogenated alkanes) is 1. The van der Waals surface area contributed by atoms with Crippen LogP contribution in [0.15, 0.2) is 0 Å². The molecule has 0 saturated heterocycles. The fourth-order valence-corrected chi connectivity index (χ4v) is 1.98. The maximum atomic E-state index is 12.1. The van der Waals surface area contributed by atoms with E-state index in [9.17, 15) is 8.78 Å². The molecule has 0 heterocycles. The molecule has 18 heavy (non-hydrogen) atoms. The van der Waals surface area contributed by atoms with Gasteiger partial charge in [-0.05, 0) is 53.6 Å². The van der Waals surface area contributed by atoms with E-state index >= 15 is 0 Å². The third-order valence-corrected chi connectivity index (χ3v) is 2.77. The van der Waals surface area contributed by atoms with Crippen LogP contribution in [0.4, 0.5) is 8.78 Å². The highest BCUT2D eigenvalue weighted by atomic mass is 19.3. The van der Waals surface area contributed by atoms with E-state index in [2.05, 4.69) is 11.4 Å². The normalized spacial score (nSPS) is 15.1. The third-order valence-electron chi connectivity index (χ3n) is 2.77. The molecule has 1 atom stereocenters. The van der Waals surface area contributed by atoms with Crippen LogP contribution < -0.4 is 5.32 Å². The van der Waals surface area contributed by atoms with Crippen LogP contribution in [0.1, 0.15) is 40.0 Å². The van der Waals surface area contributed by atoms with Crippen molar-refractivity contribution in [3.05, 3.63) is 0 Å². The van der Waals surface area contributed by atoms with E-state index < -0.39 is 12.0 Å². The van der Waals surface area contributed by atoms with Crippen molar-refractivity contribution in [2.75, 3.05) is 20.1 Å². The highest BCUT2D eigenvalue weighted by Gasteiger charge is 2.23. The summed E-state index contributed by atoms with van der Waals surface area (Å²) in [7, 11) is 1.70. The summed E-state index contributed by atoms with van der Waals surface area (Å²) in [4.78, 5) is 1.63. The largest absolute Gasteiger partial charge is 0.301 e. The van der Waals surface area contributed by atoms with E-state index in [0.29, 0.717) is 6.54 Å². The Hall–Kier alpha value is -0.730. The first-order valence-corrected chi connectivity index (χ1v) is 6.44. The Bertz CT molecular complexity index is 263. The molecule has 1 unspecified atom stereocenters. The molecule has 0 aliphatic carbocycles. The summed E-state index contributed by atoms with van der Waals surface area (Å²) in [5.41, 5.74) is -0.518. The van der Waals surface area contributed by atoms with Crippen molar-refractivity contribution in [1.29, 1.82) is 5.26 Å². The number of alkyl halides is 2. The molecule has 0 saturated carbocycles. The van der Waals surface area contributed by atoms with Gasteiger partial charge in [0.2, 0.25) is 0 Å². The van der Waals surface area contributed by atoms with Gasteiger partial charge in [0.05, 0.1) is 12.6 Å². The quantitative estimate of drug-likeness (QED) is 0.648. The first-order chi connectivity index (χ1) is 8.29. The second kappa shape index (κ2) is 8.39. The summed E-state index contributed by atoms with van der Waals surface area (Å²) in [5.74, 6) is 0. The molecular formula is C13H25F2N3. The Balaban J connectivity index is 3.85. The van der Waals surface area contributed by atoms with E-state index in [-0.39, 0.29) is 12.6 Å². The number of rotatable bonds is 9. The maximum absolute atomic E-state index is 12.1. The smallest absolute Gasteiger partial charge is 0.251 e. The molecule has 3 nitrogen and oxygen atoms in total. The standard InChI is InChI=1S/C13H25F2N3/c1-11(2)17-13(3,10-16)7-5-6-8-18(4)9-12(14)15/h11-12,17H,5-9H2,1-4H3. The van der Waals surface area contributed by atoms with Crippen molar-refractivity contribution >= 4 is 0 Å². The van der Waals surface area contributed by atoms with Crippen molar-refractivity contribution < 1.29 is 8.78 Å². The van der Waals surface area contributed by atoms with Gasteiger partial charge in [0, 0.05) is 6.04 Å². The zero-order chi connectivity index (χ0) is 14.2. The number of nitriles is 1. The summed E-state index contributed by atoms with van der Waals surface area (Å²) in [6.07, 6.45) is 0.156. The van der Waals surface area contributed by atoms with E-state index in [1.807, 2.05) is 20.8 Å². The van der Waals surface area contributed by atoms with Gasteiger partial charge in [-0.2, -0.15) is 5.26 Å². The fourth-order valence-electron chi connectivity index (χ4n) is 1.98. The fraction of sp³-hybridized carbons (Fsp3) is 0.923. The van der Waals surface area contributed by atoms with Crippen LogP contribution >= 0.6 is 0 Å². The van der Waals surface area contributed by atoms with Gasteiger partial charge < -0.3 is 4.90 Å². The minimum atomic E-state index is -2.28. The molecule has 0 rings (SSSR count). The summed E-state index contributed by atoms with van der Waals surface area (Å²) in [6, 6.07) is 2.55. The van der Waals surface area contributed by atoms with Crippen molar-refractivity contribution in [3.63, 3.8) is 0 Å². The lowest BCUT2D eigenvalue weighted by molar-refractivity contribution is 0.0993. The van der Waals surface area contributed by atoms with Gasteiger partial charge in [0.1, 0.15) is 5.54 Å². The minimum absolute atomic E-state index is 0.181. The SMILES string of the molecule is CC(C)NC(C)(C#N)CCCCN(C)CC(F)F. The molecule has 0 spiro atoms. The Morgan fingerprint density at radius 1 is 1.33 bits per heavy atom. The average molecular weight is 261 g/mol. The molecule has 5 heteroatoms. The number of hydrogen-bond acceptors (Lipinski definition) is 3. The topological polar surface area (TPSA) is 39.1 Å². The number of nitrogens with one attached hydrogen (secondary N) is 1. The molecule has 0 aliphatic rings. The van der Waals surface area contributed by atoms with Crippen LogP contribution in [0, 0.1) is 11.3 Å². The Labute approximate surface area is 109 Å². The van der Waals surface area contributed by atoms with Gasteiger partial charge in [-0.15, -0.1) is 0 Å². The molecule has 0 bridgehead atoms. The van der Waals surface area contributed by atoms with Crippen molar-refractivity contribution in [1.82, 2.24) is 10.2 Å². The van der Waals surface area contributed by atoms with Crippen molar-refractivity contribution in [2.45, 2.75) is 58.0 Å². The van der Waals surface area contributed by atoms with Crippen molar-refractivity contribution in [3.8, 4) is 6.07 Å². The molecule has 0 aromatic heterocycles. The molecule has 0 aliphatic heterocycles. The number of nitrogens with zero attached hydrogens (tertiary/aromatic N) is 2. The van der Waals surface area contributed by atoms with Gasteiger partial charge in [-0.3, -0.25) is 5.32 Å². The molecule has 0 aromatic carbocycles. The molecule has 0 amide bonds. The van der Waals surface area contributed by atoms with Crippen LogP contribution in [-0.4, -0.2) is 43.0 Å². The molecule has 1 N–H and O–H groups in total. The van der Waals surface area contributed by atoms with Crippen LogP contribution in [0.5, 0.6) is 0 Å². The van der Waals surface area contributed by atoms with E-state index in [4.69, 9.17) is 5.26 Å². The van der Waals surface area contributed by atoms with Crippen LogP contribution in [-0.2, 0) is 0 Å². The Morgan fingerprint density at radius 2 is 1.94 bits per heavy atom. The highest BCUT2D eigenvalue weighted by molar-refractivity contribution is 5.04. The predicted octanol–water partition coefficient (Wildman–Crippen LogP) is 2.63. The van der Waals surface area contributed by atoms with E-state index in [0.717, 1.165) is 19.3 Å². The monoisotopic (exact) mass is 261 g/mol. The van der Waals surface area contributed by atoms with Gasteiger partial charge in [0.25, 0.3) is 6.43 Å². The maximum Gasteiger partial charge on any atom is 0.251 e. The predicted molar refractivity (Wildman–Crippen MR) is 69.6 cm³/mol. The number of halogens is 2. The average Bonchev–Trinajstić information content (AvgIpc) is 2.22. The minimum Gasteiger partial charge on any atom is -0.301 e. The first kappa shape index (κ1) is 17.3. The Kier molecular flexibility index (Phi) is 8.05. The summed E-state index contributed by atoms with van der Waals surface area (Å²) in [5, 5.41) is 12.4. The molecule has 0 aromatic rings. The molecular weight excluding hydrogens is 236 g/mol. The second-order valence-corrected chi connectivity index (χ2v) is 5.35. The van der Waals surface area contributed by atoms with E-state index in [1.54, 1.807) is 11.9 Å². The zero-order valence-corrected chi connectivity index (χ0v) is 11.8. The summed E-state index contributed by atoms with van der Waals surface area (Å²) in [6.45, 7) is 6.36. The van der Waals surface area contributed by atoms with Gasteiger partial charge in [-0.25, -0.2) is 8.78 Å². The zero-order valence-electron chi connectivity index (χ0n) is 11.8. The lowest BCUT2D eigenvalue weighted by Gasteiger charge is -2.26. The van der Waals surface area contributed by atoms with Gasteiger partial charge >= 0.3 is 0 Å². The van der Waals surface area contributed by atoms with Gasteiger partial charge in [0.15, 0.2) is 0 Å². The molecule has 106 valence electrons. The molecule has 0 fully saturated rings. The van der Waals surface area contributed by atoms with E-state index in [1.165, 1.54) is 0 Å². The lowest BCUT2D eigenvalue weighted by Crippen LogP contribution is -2.45. The van der Waals surface area contributed by atoms with Crippen LogP contribution in [0.3, 0.4) is 0 Å².